The van der Waals surface area contributed by atoms with Gasteiger partial charge >= 0.3 is 18.6 Å². The van der Waals surface area contributed by atoms with Crippen LogP contribution >= 0.6 is 0 Å². The van der Waals surface area contributed by atoms with Crippen molar-refractivity contribution >= 4 is 38.1 Å². The van der Waals surface area contributed by atoms with Gasteiger partial charge in [-0.15, -0.1) is 0 Å². The molecule has 0 aliphatic rings. The highest BCUT2D eigenvalue weighted by atomic mass is 28.3. The second-order valence-corrected chi connectivity index (χ2v) is 22.1. The van der Waals surface area contributed by atoms with E-state index in [1.165, 1.54) is 19.3 Å². The molecule has 260 valence electrons. The number of nitrogens with zero attached hydrogens (tertiary/aromatic N) is 2. The van der Waals surface area contributed by atoms with Gasteiger partial charge in [-0.3, -0.25) is 0 Å². The molecular formula is C29H70N2O8Si4. The van der Waals surface area contributed by atoms with E-state index in [1.807, 2.05) is 0 Å². The standard InChI is InChI=1S/C29H70N2O8Si4/c1-26(40-38-24-22-32-5)12-18-30(20-14-28(3)42(34-7)35-8)16-11-17-31(21-15-29(4)43(36-9)37-10)19-13-27(2)41-39-25-23-33-6/h26-29,42-43H,11-25,40-41H2,1-10H3. The maximum absolute atomic E-state index is 5.94. The molecule has 43 heavy (non-hydrogen) atoms. The van der Waals surface area contributed by atoms with Gasteiger partial charge in [-0.1, -0.05) is 27.7 Å². The van der Waals surface area contributed by atoms with Crippen LogP contribution in [-0.2, 0) is 36.0 Å². The van der Waals surface area contributed by atoms with Crippen LogP contribution < -0.4 is 0 Å². The van der Waals surface area contributed by atoms with E-state index < -0.39 is 38.1 Å². The van der Waals surface area contributed by atoms with Crippen molar-refractivity contribution in [2.45, 2.75) is 82.0 Å². The van der Waals surface area contributed by atoms with E-state index in [0.717, 1.165) is 65.3 Å². The maximum atomic E-state index is 5.94. The van der Waals surface area contributed by atoms with Crippen LogP contribution in [0.15, 0.2) is 0 Å². The van der Waals surface area contributed by atoms with E-state index in [9.17, 15) is 0 Å². The molecule has 10 nitrogen and oxygen atoms in total. The number of rotatable bonds is 32. The third-order valence-electron chi connectivity index (χ3n) is 8.15. The number of hydrogen-bond acceptors (Lipinski definition) is 10. The Morgan fingerprint density at radius 2 is 0.837 bits per heavy atom. The number of ether oxygens (including phenoxy) is 2. The molecule has 0 fully saturated rings. The topological polar surface area (TPSA) is 80.3 Å². The van der Waals surface area contributed by atoms with Crippen molar-refractivity contribution in [1.82, 2.24) is 9.80 Å². The molecule has 0 amide bonds. The van der Waals surface area contributed by atoms with Gasteiger partial charge in [-0.05, 0) is 93.5 Å². The molecule has 0 N–H and O–H groups in total. The molecule has 4 unspecified atom stereocenters. The van der Waals surface area contributed by atoms with Gasteiger partial charge in [0.25, 0.3) is 0 Å². The fourth-order valence-corrected chi connectivity index (χ4v) is 10.3. The number of hydrogen-bond donors (Lipinski definition) is 0. The molecule has 0 bridgehead atoms. The average molecular weight is 687 g/mol. The average Bonchev–Trinajstić information content (AvgIpc) is 3.00. The van der Waals surface area contributed by atoms with Crippen LogP contribution in [0.4, 0.5) is 0 Å². The van der Waals surface area contributed by atoms with Crippen LogP contribution in [0, 0.1) is 0 Å². The van der Waals surface area contributed by atoms with Crippen molar-refractivity contribution in [2.75, 3.05) is 108 Å². The second kappa shape index (κ2) is 29.8. The highest BCUT2D eigenvalue weighted by molar-refractivity contribution is 6.46. The Bertz CT molecular complexity index is 553. The molecule has 0 saturated carbocycles. The van der Waals surface area contributed by atoms with Gasteiger partial charge in [-0.2, -0.15) is 0 Å². The first kappa shape index (κ1) is 43.5. The zero-order valence-corrected chi connectivity index (χ0v) is 34.8. The van der Waals surface area contributed by atoms with Crippen molar-refractivity contribution in [3.63, 3.8) is 0 Å². The van der Waals surface area contributed by atoms with Crippen LogP contribution in [-0.4, -0.2) is 156 Å². The van der Waals surface area contributed by atoms with Crippen LogP contribution in [0.25, 0.3) is 0 Å². The lowest BCUT2D eigenvalue weighted by atomic mass is 10.2. The molecule has 4 atom stereocenters. The number of methoxy groups -OCH3 is 2. The van der Waals surface area contributed by atoms with Gasteiger partial charge in [0.2, 0.25) is 0 Å². The Morgan fingerprint density at radius 1 is 0.488 bits per heavy atom. The predicted molar refractivity (Wildman–Crippen MR) is 189 cm³/mol. The van der Waals surface area contributed by atoms with Crippen molar-refractivity contribution in [2.24, 2.45) is 0 Å². The van der Waals surface area contributed by atoms with E-state index >= 15 is 0 Å². The van der Waals surface area contributed by atoms with E-state index in [-0.39, 0.29) is 0 Å². The monoisotopic (exact) mass is 686 g/mol. The Morgan fingerprint density at radius 3 is 1.16 bits per heavy atom. The van der Waals surface area contributed by atoms with Gasteiger partial charge in [-0.25, -0.2) is 0 Å². The van der Waals surface area contributed by atoms with Crippen molar-refractivity contribution in [3.8, 4) is 0 Å². The summed E-state index contributed by atoms with van der Waals surface area (Å²) in [5.41, 5.74) is 2.28. The summed E-state index contributed by atoms with van der Waals surface area (Å²) >= 11 is 0. The summed E-state index contributed by atoms with van der Waals surface area (Å²) in [7, 11) is 6.33. The lowest BCUT2D eigenvalue weighted by molar-refractivity contribution is 0.147. The quantitative estimate of drug-likeness (QED) is 0.0778. The molecule has 0 heterocycles. The fourth-order valence-electron chi connectivity index (χ4n) is 5.18. The first-order valence-electron chi connectivity index (χ1n) is 16.4. The van der Waals surface area contributed by atoms with Gasteiger partial charge in [0, 0.05) is 42.7 Å². The Kier molecular flexibility index (Phi) is 30.2. The van der Waals surface area contributed by atoms with Gasteiger partial charge in [0.1, 0.15) is 0 Å². The molecular weight excluding hydrogens is 617 g/mol. The van der Waals surface area contributed by atoms with Gasteiger partial charge in [0.05, 0.1) is 26.4 Å². The Labute approximate surface area is 273 Å². The Hall–Kier alpha value is 0.468. The first-order valence-corrected chi connectivity index (χ1v) is 22.5. The molecule has 0 aromatic rings. The van der Waals surface area contributed by atoms with Crippen molar-refractivity contribution < 1.29 is 36.0 Å². The highest BCUT2D eigenvalue weighted by Crippen LogP contribution is 2.19. The van der Waals surface area contributed by atoms with Crippen molar-refractivity contribution in [1.29, 1.82) is 0 Å². The highest BCUT2D eigenvalue weighted by Gasteiger charge is 2.22. The molecule has 14 heteroatoms. The summed E-state index contributed by atoms with van der Waals surface area (Å²) in [6, 6.07) is 0. The van der Waals surface area contributed by atoms with Crippen LogP contribution in [0.1, 0.15) is 59.8 Å². The third-order valence-corrected chi connectivity index (χ3v) is 15.5. The van der Waals surface area contributed by atoms with Crippen LogP contribution in [0.2, 0.25) is 22.2 Å². The van der Waals surface area contributed by atoms with Crippen LogP contribution in [0.3, 0.4) is 0 Å². The van der Waals surface area contributed by atoms with E-state index in [4.69, 9.17) is 36.0 Å². The first-order chi connectivity index (χ1) is 20.8. The summed E-state index contributed by atoms with van der Waals surface area (Å²) in [5.74, 6) is 0. The lowest BCUT2D eigenvalue weighted by Crippen LogP contribution is -2.35. The van der Waals surface area contributed by atoms with Gasteiger partial charge < -0.3 is 45.8 Å². The van der Waals surface area contributed by atoms with E-state index in [0.29, 0.717) is 35.4 Å². The zero-order valence-electron chi connectivity index (χ0n) is 29.6. The second-order valence-electron chi connectivity index (χ2n) is 12.2. The summed E-state index contributed by atoms with van der Waals surface area (Å²) in [6.07, 6.45) is 5.77. The molecule has 0 spiro atoms. The lowest BCUT2D eigenvalue weighted by Gasteiger charge is -2.29. The third kappa shape index (κ3) is 23.4. The molecule has 0 radical (unpaired) electrons. The fraction of sp³-hybridized carbons (Fsp3) is 1.00. The predicted octanol–water partition coefficient (Wildman–Crippen LogP) is 2.46. The SMILES string of the molecule is COCCO[SiH2]C(C)CCN(CCCN(CCC(C)[SiH2]OCCOC)CCC(C)[SiH](OC)OC)CCC(C)[SiH](OC)OC. The zero-order chi connectivity index (χ0) is 32.3. The summed E-state index contributed by atoms with van der Waals surface area (Å²) in [5, 5.41) is 0. The maximum Gasteiger partial charge on any atom is 0.323 e. The molecule has 0 aromatic carbocycles. The molecule has 0 saturated heterocycles. The molecule has 0 aliphatic carbocycles. The Balaban J connectivity index is 5.11. The van der Waals surface area contributed by atoms with E-state index in [1.54, 1.807) is 42.7 Å². The molecule has 0 rings (SSSR count). The van der Waals surface area contributed by atoms with E-state index in [2.05, 4.69) is 37.5 Å². The van der Waals surface area contributed by atoms with Crippen molar-refractivity contribution in [3.05, 3.63) is 0 Å². The minimum Gasteiger partial charge on any atom is -0.421 e. The molecule has 0 aromatic heterocycles. The van der Waals surface area contributed by atoms with Crippen LogP contribution in [0.5, 0.6) is 0 Å². The smallest absolute Gasteiger partial charge is 0.323 e. The minimum atomic E-state index is -1.61. The summed E-state index contributed by atoms with van der Waals surface area (Å²) < 4.78 is 44.8. The van der Waals surface area contributed by atoms with Gasteiger partial charge in [0.15, 0.2) is 19.5 Å². The minimum absolute atomic E-state index is 0.482. The summed E-state index contributed by atoms with van der Waals surface area (Å²) in [4.78, 5) is 5.35. The largest absolute Gasteiger partial charge is 0.421 e. The molecule has 0 aliphatic heterocycles. The normalized spacial score (nSPS) is 15.8. The summed E-state index contributed by atoms with van der Waals surface area (Å²) in [6.45, 7) is 18.7.